The Hall–Kier alpha value is -2.10. The summed E-state index contributed by atoms with van der Waals surface area (Å²) < 4.78 is 0. The third kappa shape index (κ3) is 1.82. The number of nitrogens with one attached hydrogen (secondary N) is 1. The first-order valence-corrected chi connectivity index (χ1v) is 5.15. The molecule has 2 rings (SSSR count). The van der Waals surface area contributed by atoms with Crippen LogP contribution < -0.4 is 11.3 Å². The van der Waals surface area contributed by atoms with Crippen molar-refractivity contribution < 1.29 is 0 Å². The molecule has 0 radical (unpaired) electrons. The maximum Gasteiger partial charge on any atom is 0.274 e. The Balaban J connectivity index is 2.50. The maximum absolute atomic E-state index is 11.3. The van der Waals surface area contributed by atoms with Gasteiger partial charge in [-0.15, -0.1) is 0 Å². The first-order valence-electron chi connectivity index (χ1n) is 5.15. The van der Waals surface area contributed by atoms with E-state index in [1.165, 1.54) is 11.9 Å². The lowest BCUT2D eigenvalue weighted by Crippen LogP contribution is -2.13. The highest BCUT2D eigenvalue weighted by Crippen LogP contribution is 2.20. The van der Waals surface area contributed by atoms with Crippen molar-refractivity contribution in [2.24, 2.45) is 0 Å². The van der Waals surface area contributed by atoms with Crippen LogP contribution in [0.5, 0.6) is 0 Å². The van der Waals surface area contributed by atoms with E-state index < -0.39 is 0 Å². The molecule has 2 aromatic rings. The summed E-state index contributed by atoms with van der Waals surface area (Å²) in [4.78, 5) is 17.8. The molecule has 0 saturated carbocycles. The number of aryl methyl sites for hydroxylation is 1. The Morgan fingerprint density at radius 3 is 2.62 bits per heavy atom. The van der Waals surface area contributed by atoms with E-state index in [0.717, 1.165) is 12.0 Å². The number of hydrogen-bond acceptors (Lipinski definition) is 3. The SMILES string of the molecule is CCc1ccc(-c2nc[nH]c(=O)c2N)cc1. The van der Waals surface area contributed by atoms with Crippen molar-refractivity contribution in [2.75, 3.05) is 5.73 Å². The van der Waals surface area contributed by atoms with Crippen LogP contribution in [0, 0.1) is 0 Å². The van der Waals surface area contributed by atoms with Crippen molar-refractivity contribution in [3.63, 3.8) is 0 Å². The normalized spacial score (nSPS) is 10.3. The molecule has 4 nitrogen and oxygen atoms in total. The van der Waals surface area contributed by atoms with Gasteiger partial charge in [-0.2, -0.15) is 0 Å². The largest absolute Gasteiger partial charge is 0.392 e. The standard InChI is InChI=1S/C12H13N3O/c1-2-8-3-5-9(6-4-8)11-10(13)12(16)15-7-14-11/h3-7H,2,13H2,1H3,(H,14,15,16). The molecular weight excluding hydrogens is 202 g/mol. The van der Waals surface area contributed by atoms with Crippen LogP contribution in [-0.2, 0) is 6.42 Å². The highest BCUT2D eigenvalue weighted by Gasteiger charge is 2.06. The van der Waals surface area contributed by atoms with Gasteiger partial charge in [-0.25, -0.2) is 4.98 Å². The molecule has 82 valence electrons. The van der Waals surface area contributed by atoms with Crippen LogP contribution in [0.25, 0.3) is 11.3 Å². The van der Waals surface area contributed by atoms with Gasteiger partial charge in [-0.05, 0) is 12.0 Å². The predicted octanol–water partition coefficient (Wildman–Crippen LogP) is 1.58. The average Bonchev–Trinajstić information content (AvgIpc) is 2.33. The molecule has 1 aromatic carbocycles. The summed E-state index contributed by atoms with van der Waals surface area (Å²) in [6.07, 6.45) is 2.35. The zero-order valence-corrected chi connectivity index (χ0v) is 9.03. The molecule has 1 aromatic heterocycles. The second-order valence-corrected chi connectivity index (χ2v) is 3.54. The predicted molar refractivity (Wildman–Crippen MR) is 64.1 cm³/mol. The first-order chi connectivity index (χ1) is 7.72. The van der Waals surface area contributed by atoms with Gasteiger partial charge in [0.25, 0.3) is 5.56 Å². The van der Waals surface area contributed by atoms with E-state index in [4.69, 9.17) is 5.73 Å². The van der Waals surface area contributed by atoms with Gasteiger partial charge in [0.2, 0.25) is 0 Å². The van der Waals surface area contributed by atoms with Gasteiger partial charge in [-0.3, -0.25) is 4.79 Å². The van der Waals surface area contributed by atoms with Crippen LogP contribution in [0.2, 0.25) is 0 Å². The van der Waals surface area contributed by atoms with Gasteiger partial charge in [0, 0.05) is 5.56 Å². The van der Waals surface area contributed by atoms with Crippen molar-refractivity contribution in [1.82, 2.24) is 9.97 Å². The van der Waals surface area contributed by atoms with E-state index in [1.807, 2.05) is 24.3 Å². The fraction of sp³-hybridized carbons (Fsp3) is 0.167. The summed E-state index contributed by atoms with van der Waals surface area (Å²) in [6, 6.07) is 7.88. The van der Waals surface area contributed by atoms with Crippen LogP contribution in [0.15, 0.2) is 35.4 Å². The van der Waals surface area contributed by atoms with Crippen LogP contribution >= 0.6 is 0 Å². The summed E-state index contributed by atoms with van der Waals surface area (Å²) in [7, 11) is 0. The molecule has 0 aliphatic carbocycles. The monoisotopic (exact) mass is 215 g/mol. The molecule has 0 aliphatic rings. The van der Waals surface area contributed by atoms with E-state index in [-0.39, 0.29) is 11.2 Å². The van der Waals surface area contributed by atoms with Gasteiger partial charge in [0.15, 0.2) is 0 Å². The number of aromatic nitrogens is 2. The molecule has 1 heterocycles. The summed E-state index contributed by atoms with van der Waals surface area (Å²) in [5, 5.41) is 0. The van der Waals surface area contributed by atoms with Crippen LogP contribution in [0.4, 0.5) is 5.69 Å². The number of nitrogens with two attached hydrogens (primary N) is 1. The molecule has 0 atom stereocenters. The third-order valence-corrected chi connectivity index (χ3v) is 2.52. The molecule has 0 fully saturated rings. The fourth-order valence-electron chi connectivity index (χ4n) is 1.54. The molecule has 0 amide bonds. The number of rotatable bonds is 2. The Kier molecular flexibility index (Phi) is 2.72. The lowest BCUT2D eigenvalue weighted by Gasteiger charge is -2.04. The third-order valence-electron chi connectivity index (χ3n) is 2.52. The van der Waals surface area contributed by atoms with Crippen LogP contribution in [0.1, 0.15) is 12.5 Å². The molecule has 0 spiro atoms. The van der Waals surface area contributed by atoms with Crippen molar-refractivity contribution in [2.45, 2.75) is 13.3 Å². The Labute approximate surface area is 93.2 Å². The van der Waals surface area contributed by atoms with E-state index in [0.29, 0.717) is 5.69 Å². The second kappa shape index (κ2) is 4.18. The van der Waals surface area contributed by atoms with Gasteiger partial charge in [0.1, 0.15) is 11.4 Å². The highest BCUT2D eigenvalue weighted by atomic mass is 16.1. The zero-order valence-electron chi connectivity index (χ0n) is 9.03. The lowest BCUT2D eigenvalue weighted by molar-refractivity contribution is 1.12. The minimum atomic E-state index is -0.301. The number of nitrogens with zero attached hydrogens (tertiary/aromatic N) is 1. The number of anilines is 1. The summed E-state index contributed by atoms with van der Waals surface area (Å²) in [6.45, 7) is 2.09. The minimum absolute atomic E-state index is 0.159. The number of hydrogen-bond donors (Lipinski definition) is 2. The molecule has 3 N–H and O–H groups in total. The minimum Gasteiger partial charge on any atom is -0.392 e. The Morgan fingerprint density at radius 1 is 1.31 bits per heavy atom. The number of H-pyrrole nitrogens is 1. The quantitative estimate of drug-likeness (QED) is 0.798. The van der Waals surface area contributed by atoms with Crippen molar-refractivity contribution in [1.29, 1.82) is 0 Å². The van der Waals surface area contributed by atoms with Crippen LogP contribution in [-0.4, -0.2) is 9.97 Å². The summed E-state index contributed by atoms with van der Waals surface area (Å²) in [5.74, 6) is 0. The second-order valence-electron chi connectivity index (χ2n) is 3.54. The van der Waals surface area contributed by atoms with Gasteiger partial charge >= 0.3 is 0 Å². The van der Waals surface area contributed by atoms with E-state index in [9.17, 15) is 4.79 Å². The van der Waals surface area contributed by atoms with Gasteiger partial charge in [0.05, 0.1) is 6.33 Å². The topological polar surface area (TPSA) is 71.8 Å². The van der Waals surface area contributed by atoms with Crippen molar-refractivity contribution in [3.8, 4) is 11.3 Å². The van der Waals surface area contributed by atoms with Gasteiger partial charge < -0.3 is 10.7 Å². The number of benzene rings is 1. The summed E-state index contributed by atoms with van der Waals surface area (Å²) >= 11 is 0. The molecule has 4 heteroatoms. The number of nitrogen functional groups attached to an aromatic ring is 1. The Bertz CT molecular complexity index is 543. The van der Waals surface area contributed by atoms with Crippen LogP contribution in [0.3, 0.4) is 0 Å². The Morgan fingerprint density at radius 2 is 2.00 bits per heavy atom. The number of aromatic amines is 1. The maximum atomic E-state index is 11.3. The fourth-order valence-corrected chi connectivity index (χ4v) is 1.54. The van der Waals surface area contributed by atoms with Crippen molar-refractivity contribution >= 4 is 5.69 Å². The van der Waals surface area contributed by atoms with Crippen molar-refractivity contribution in [3.05, 3.63) is 46.5 Å². The molecule has 16 heavy (non-hydrogen) atoms. The zero-order chi connectivity index (χ0) is 11.5. The smallest absolute Gasteiger partial charge is 0.274 e. The highest BCUT2D eigenvalue weighted by molar-refractivity contribution is 5.71. The molecular formula is C12H13N3O. The first kappa shape index (κ1) is 10.4. The molecule has 0 aliphatic heterocycles. The molecule has 0 bridgehead atoms. The van der Waals surface area contributed by atoms with E-state index >= 15 is 0 Å². The van der Waals surface area contributed by atoms with E-state index in [1.54, 1.807) is 0 Å². The lowest BCUT2D eigenvalue weighted by atomic mass is 10.1. The molecule has 0 saturated heterocycles. The summed E-state index contributed by atoms with van der Waals surface area (Å²) in [5.41, 5.74) is 8.17. The van der Waals surface area contributed by atoms with E-state index in [2.05, 4.69) is 16.9 Å². The molecule has 0 unspecified atom stereocenters. The average molecular weight is 215 g/mol. The van der Waals surface area contributed by atoms with Gasteiger partial charge in [-0.1, -0.05) is 31.2 Å².